The van der Waals surface area contributed by atoms with E-state index in [0.717, 1.165) is 31.2 Å². The third-order valence-electron chi connectivity index (χ3n) is 3.66. The summed E-state index contributed by atoms with van der Waals surface area (Å²) in [5.41, 5.74) is 6.20. The van der Waals surface area contributed by atoms with Crippen LogP contribution in [0.25, 0.3) is 0 Å². The molecular formula is C16H19FN2O. The minimum absolute atomic E-state index is 0.0867. The molecule has 20 heavy (non-hydrogen) atoms. The number of hydrogen-bond donors (Lipinski definition) is 2. The molecule has 3 N–H and O–H groups in total. The lowest BCUT2D eigenvalue weighted by molar-refractivity contribution is -0.123. The number of amides is 1. The van der Waals surface area contributed by atoms with Crippen molar-refractivity contribution in [1.82, 2.24) is 5.32 Å². The Morgan fingerprint density at radius 1 is 1.30 bits per heavy atom. The fourth-order valence-electron chi connectivity index (χ4n) is 2.58. The van der Waals surface area contributed by atoms with Crippen molar-refractivity contribution in [3.05, 3.63) is 35.6 Å². The van der Waals surface area contributed by atoms with E-state index < -0.39 is 0 Å². The average Bonchev–Trinajstić information content (AvgIpc) is 2.46. The minimum atomic E-state index is -0.264. The van der Waals surface area contributed by atoms with Crippen LogP contribution in [-0.2, 0) is 4.79 Å². The maximum atomic E-state index is 12.7. The van der Waals surface area contributed by atoms with Crippen LogP contribution in [0.1, 0.15) is 31.2 Å². The molecule has 2 unspecified atom stereocenters. The summed E-state index contributed by atoms with van der Waals surface area (Å²) in [6.45, 7) is 0.506. The van der Waals surface area contributed by atoms with Crippen LogP contribution >= 0.6 is 0 Å². The molecule has 0 saturated heterocycles. The summed E-state index contributed by atoms with van der Waals surface area (Å²) >= 11 is 0. The molecule has 0 aliphatic heterocycles. The van der Waals surface area contributed by atoms with E-state index >= 15 is 0 Å². The van der Waals surface area contributed by atoms with Gasteiger partial charge in [-0.25, -0.2) is 4.39 Å². The van der Waals surface area contributed by atoms with E-state index in [1.165, 1.54) is 12.1 Å². The number of primary amides is 1. The molecule has 0 spiro atoms. The van der Waals surface area contributed by atoms with Crippen molar-refractivity contribution < 1.29 is 9.18 Å². The topological polar surface area (TPSA) is 55.1 Å². The molecule has 0 radical (unpaired) electrons. The Kier molecular flexibility index (Phi) is 5.14. The number of hydrogen-bond acceptors (Lipinski definition) is 2. The Morgan fingerprint density at radius 2 is 2.00 bits per heavy atom. The van der Waals surface area contributed by atoms with Gasteiger partial charge in [0.2, 0.25) is 5.91 Å². The first-order valence-electron chi connectivity index (χ1n) is 6.94. The zero-order chi connectivity index (χ0) is 14.4. The maximum Gasteiger partial charge on any atom is 0.222 e. The molecule has 3 nitrogen and oxygen atoms in total. The molecule has 1 fully saturated rings. The van der Waals surface area contributed by atoms with Gasteiger partial charge in [0.25, 0.3) is 0 Å². The summed E-state index contributed by atoms with van der Waals surface area (Å²) in [6.07, 6.45) is 4.00. The van der Waals surface area contributed by atoms with Gasteiger partial charge in [0, 0.05) is 11.6 Å². The van der Waals surface area contributed by atoms with Crippen LogP contribution in [0.15, 0.2) is 24.3 Å². The molecule has 2 atom stereocenters. The second kappa shape index (κ2) is 7.06. The summed E-state index contributed by atoms with van der Waals surface area (Å²) < 4.78 is 12.7. The second-order valence-electron chi connectivity index (χ2n) is 5.09. The number of rotatable bonds is 3. The number of nitrogens with one attached hydrogen (secondary N) is 1. The van der Waals surface area contributed by atoms with Crippen molar-refractivity contribution in [3.63, 3.8) is 0 Å². The smallest absolute Gasteiger partial charge is 0.222 e. The predicted octanol–water partition coefficient (Wildman–Crippen LogP) is 1.81. The van der Waals surface area contributed by atoms with Gasteiger partial charge >= 0.3 is 0 Å². The van der Waals surface area contributed by atoms with Crippen molar-refractivity contribution in [3.8, 4) is 11.8 Å². The molecule has 0 bridgehead atoms. The van der Waals surface area contributed by atoms with Crippen molar-refractivity contribution in [2.75, 3.05) is 6.54 Å². The Hall–Kier alpha value is -1.86. The van der Waals surface area contributed by atoms with E-state index in [-0.39, 0.29) is 23.7 Å². The third-order valence-corrected chi connectivity index (χ3v) is 3.66. The molecule has 106 valence electrons. The summed E-state index contributed by atoms with van der Waals surface area (Å²) in [7, 11) is 0. The molecule has 0 aromatic heterocycles. The number of carbonyl (C=O) groups is 1. The Morgan fingerprint density at radius 3 is 2.70 bits per heavy atom. The molecule has 2 rings (SSSR count). The van der Waals surface area contributed by atoms with Gasteiger partial charge in [-0.05, 0) is 37.1 Å². The van der Waals surface area contributed by atoms with Gasteiger partial charge in [-0.15, -0.1) is 0 Å². The quantitative estimate of drug-likeness (QED) is 0.826. The average molecular weight is 274 g/mol. The fourth-order valence-corrected chi connectivity index (χ4v) is 2.58. The summed E-state index contributed by atoms with van der Waals surface area (Å²) in [6, 6.07) is 6.21. The zero-order valence-corrected chi connectivity index (χ0v) is 11.4. The number of halogens is 1. The second-order valence-corrected chi connectivity index (χ2v) is 5.09. The zero-order valence-electron chi connectivity index (χ0n) is 11.4. The van der Waals surface area contributed by atoms with Crippen molar-refractivity contribution in [1.29, 1.82) is 0 Å². The van der Waals surface area contributed by atoms with Gasteiger partial charge in [0.15, 0.2) is 0 Å². The first kappa shape index (κ1) is 14.5. The monoisotopic (exact) mass is 274 g/mol. The van der Waals surface area contributed by atoms with Gasteiger partial charge in [0.1, 0.15) is 5.82 Å². The van der Waals surface area contributed by atoms with Crippen LogP contribution in [0.3, 0.4) is 0 Å². The Bertz CT molecular complexity index is 516. The highest BCUT2D eigenvalue weighted by Gasteiger charge is 2.28. The lowest BCUT2D eigenvalue weighted by atomic mass is 9.84. The van der Waals surface area contributed by atoms with Gasteiger partial charge in [-0.2, -0.15) is 0 Å². The molecule has 1 aliphatic rings. The van der Waals surface area contributed by atoms with Crippen LogP contribution in [-0.4, -0.2) is 18.5 Å². The van der Waals surface area contributed by atoms with Crippen LogP contribution in [0.4, 0.5) is 4.39 Å². The minimum Gasteiger partial charge on any atom is -0.369 e. The lowest BCUT2D eigenvalue weighted by Gasteiger charge is -2.29. The highest BCUT2D eigenvalue weighted by molar-refractivity contribution is 5.77. The lowest BCUT2D eigenvalue weighted by Crippen LogP contribution is -2.44. The van der Waals surface area contributed by atoms with E-state index in [2.05, 4.69) is 17.2 Å². The van der Waals surface area contributed by atoms with Gasteiger partial charge in [-0.1, -0.05) is 24.7 Å². The fraction of sp³-hybridized carbons (Fsp3) is 0.438. The molecule has 1 saturated carbocycles. The maximum absolute atomic E-state index is 12.7. The largest absolute Gasteiger partial charge is 0.369 e. The highest BCUT2D eigenvalue weighted by Crippen LogP contribution is 2.23. The molecule has 4 heteroatoms. The summed E-state index contributed by atoms with van der Waals surface area (Å²) in [5, 5.41) is 3.29. The third kappa shape index (κ3) is 4.07. The van der Waals surface area contributed by atoms with E-state index in [1.54, 1.807) is 12.1 Å². The molecule has 0 heterocycles. The van der Waals surface area contributed by atoms with Crippen molar-refractivity contribution >= 4 is 5.91 Å². The van der Waals surface area contributed by atoms with Crippen LogP contribution in [0.2, 0.25) is 0 Å². The highest BCUT2D eigenvalue weighted by atomic mass is 19.1. The molecular weight excluding hydrogens is 255 g/mol. The van der Waals surface area contributed by atoms with Crippen LogP contribution < -0.4 is 11.1 Å². The van der Waals surface area contributed by atoms with E-state index in [0.29, 0.717) is 6.54 Å². The normalized spacial score (nSPS) is 21.9. The Balaban J connectivity index is 1.86. The van der Waals surface area contributed by atoms with E-state index in [4.69, 9.17) is 5.73 Å². The van der Waals surface area contributed by atoms with Crippen LogP contribution in [0.5, 0.6) is 0 Å². The molecule has 1 aromatic rings. The van der Waals surface area contributed by atoms with Gasteiger partial charge in [0.05, 0.1) is 12.5 Å². The predicted molar refractivity (Wildman–Crippen MR) is 76.2 cm³/mol. The number of nitrogens with two attached hydrogens (primary N) is 1. The summed E-state index contributed by atoms with van der Waals surface area (Å²) in [5.74, 6) is 5.37. The number of carbonyl (C=O) groups excluding carboxylic acids is 1. The SMILES string of the molecule is NC(=O)C1CCCCC1NCC#Cc1ccc(F)cc1. The number of benzene rings is 1. The van der Waals surface area contributed by atoms with Gasteiger partial charge in [-0.3, -0.25) is 4.79 Å². The van der Waals surface area contributed by atoms with E-state index in [9.17, 15) is 9.18 Å². The van der Waals surface area contributed by atoms with Crippen molar-refractivity contribution in [2.24, 2.45) is 11.7 Å². The molecule has 1 aromatic carbocycles. The first-order chi connectivity index (χ1) is 9.66. The van der Waals surface area contributed by atoms with Crippen LogP contribution in [0, 0.1) is 23.6 Å². The molecule has 1 aliphatic carbocycles. The molecule has 1 amide bonds. The standard InChI is InChI=1S/C16H19FN2O/c17-13-9-7-12(8-10-13)4-3-11-19-15-6-2-1-5-14(15)16(18)20/h7-10,14-15,19H,1-2,5-6,11H2,(H2,18,20). The Labute approximate surface area is 118 Å². The van der Waals surface area contributed by atoms with Gasteiger partial charge < -0.3 is 11.1 Å². The summed E-state index contributed by atoms with van der Waals surface area (Å²) in [4.78, 5) is 11.4. The van der Waals surface area contributed by atoms with Crippen molar-refractivity contribution in [2.45, 2.75) is 31.7 Å². The van der Waals surface area contributed by atoms with E-state index in [1.807, 2.05) is 0 Å². The first-order valence-corrected chi connectivity index (χ1v) is 6.94.